The molecule has 0 aromatic carbocycles. The first-order chi connectivity index (χ1) is 37.4. The van der Waals surface area contributed by atoms with Crippen LogP contribution in [0.15, 0.2) is 12.2 Å². The Morgan fingerprint density at radius 2 is 1.32 bits per heavy atom. The molecule has 0 bridgehead atoms. The summed E-state index contributed by atoms with van der Waals surface area (Å²) in [7, 11) is 0. The van der Waals surface area contributed by atoms with Crippen molar-refractivity contribution in [3.8, 4) is 0 Å². The molecule has 30 nitrogen and oxygen atoms in total. The second-order valence-electron chi connectivity index (χ2n) is 20.9. The number of nitrogens with one attached hydrogen (secondary N) is 3. The molecule has 21 atom stereocenters. The standard InChI is InChI=1S/C49H78N4O26/c1-21-34(63)37(66)38(67)46(73-21)77-42-33(52-23(3)58)45(72-15-7-5-4-6-14-50-44(69)25-10-8-24(9-11-25)17-53-30(61)12-13-31(53)62)75-29(20-56)40(42)76-47-39(68)43(36(65)28(19-55)74-47)79-49(48(70)71)16-26(59)32(51-22(2)57)41(78-49)35(64)27(60)18-54/h12-13,21,24-29,32-43,45-47,54-56,59-60,63-68H,4-11,14-20H2,1-3H3,(H,50,69)(H,51,57)(H,52,58)(H,70,71)/t21-,24?,25?,26+,27+,28-,29-,32+,33-,34+,35+,36-,37-,38-,39-,40+,41+,42+,43-,45+,46-,47-,49-/m0/s1. The quantitative estimate of drug-likeness (QED) is 0.0298. The van der Waals surface area contributed by atoms with Gasteiger partial charge >= 0.3 is 5.97 Å². The maximum Gasteiger partial charge on any atom is 0.364 e. The van der Waals surface area contributed by atoms with Crippen LogP contribution in [0.25, 0.3) is 0 Å². The fourth-order valence-electron chi connectivity index (χ4n) is 10.7. The SMILES string of the molecule is CC(=O)N[C@@H]1[C@H](OCCCCCCNC(=O)C2CCC(CN3C(=O)C=CC3=O)CC2)O[C@@H](CO)[C@@H](O[C@@H]2O[C@@H](CO)[C@H](O)[C@H](O[C@]3(C(=O)O)C[C@@H](O)[C@@H](NC(C)=O)[C@H]([C@H](O)[C@H](O)CO)O3)[C@@H]2O)[C@@H]1O[C@@H]1O[C@@H](C)[C@@H](O)[C@H](O)[C@@H]1O. The van der Waals surface area contributed by atoms with E-state index >= 15 is 0 Å². The Hall–Kier alpha value is -4.00. The topological polar surface area (TPSA) is 458 Å². The van der Waals surface area contributed by atoms with Crippen molar-refractivity contribution in [2.24, 2.45) is 11.8 Å². The van der Waals surface area contributed by atoms with Crippen molar-refractivity contribution >= 4 is 35.5 Å². The minimum atomic E-state index is -3.15. The third-order valence-electron chi connectivity index (χ3n) is 15.1. The van der Waals surface area contributed by atoms with Gasteiger partial charge in [0.05, 0.1) is 38.1 Å². The predicted molar refractivity (Wildman–Crippen MR) is 259 cm³/mol. The van der Waals surface area contributed by atoms with Crippen LogP contribution in [-0.4, -0.2) is 270 Å². The first-order valence-corrected chi connectivity index (χ1v) is 26.6. The molecule has 5 heterocycles. The Morgan fingerprint density at radius 1 is 0.722 bits per heavy atom. The first kappa shape index (κ1) is 64.2. The van der Waals surface area contributed by atoms with Crippen LogP contribution in [0.4, 0.5) is 0 Å². The van der Waals surface area contributed by atoms with E-state index < -0.39 is 172 Å². The van der Waals surface area contributed by atoms with E-state index in [0.717, 1.165) is 13.8 Å². The van der Waals surface area contributed by atoms with E-state index in [1.54, 1.807) is 0 Å². The smallest absolute Gasteiger partial charge is 0.364 e. The maximum atomic E-state index is 13.1. The van der Waals surface area contributed by atoms with Crippen LogP contribution >= 0.6 is 0 Å². The number of imide groups is 1. The highest BCUT2D eigenvalue weighted by Gasteiger charge is 2.61. The van der Waals surface area contributed by atoms with E-state index in [1.165, 1.54) is 24.0 Å². The van der Waals surface area contributed by atoms with Gasteiger partial charge in [-0.1, -0.05) is 12.8 Å². The highest BCUT2D eigenvalue weighted by Crippen LogP contribution is 2.40. The van der Waals surface area contributed by atoms with Crippen LogP contribution in [-0.2, 0) is 66.7 Å². The Labute approximate surface area is 453 Å². The molecule has 5 fully saturated rings. The van der Waals surface area contributed by atoms with Crippen molar-refractivity contribution in [2.75, 3.05) is 39.5 Å². The van der Waals surface area contributed by atoms with Gasteiger partial charge in [-0.25, -0.2) is 4.79 Å². The first-order valence-electron chi connectivity index (χ1n) is 26.6. The van der Waals surface area contributed by atoms with E-state index in [2.05, 4.69) is 16.0 Å². The highest BCUT2D eigenvalue weighted by atomic mass is 16.8. The average molecular weight is 1140 g/mol. The largest absolute Gasteiger partial charge is 0.477 e. The van der Waals surface area contributed by atoms with Gasteiger partial charge < -0.3 is 115 Å². The van der Waals surface area contributed by atoms with Gasteiger partial charge in [-0.2, -0.15) is 0 Å². The zero-order valence-corrected chi connectivity index (χ0v) is 44.0. The number of aliphatic hydroxyl groups is 11. The number of aliphatic carboxylic acids is 1. The Morgan fingerprint density at radius 3 is 1.92 bits per heavy atom. The molecule has 6 aliphatic rings. The van der Waals surface area contributed by atoms with Crippen molar-refractivity contribution in [1.29, 1.82) is 0 Å². The molecule has 4 saturated heterocycles. The van der Waals surface area contributed by atoms with Crippen molar-refractivity contribution < 1.29 is 128 Å². The number of unbranched alkanes of at least 4 members (excludes halogenated alkanes) is 3. The lowest BCUT2D eigenvalue weighted by Gasteiger charge is -2.51. The van der Waals surface area contributed by atoms with Gasteiger partial charge in [0.2, 0.25) is 17.7 Å². The fraction of sp³-hybridized carbons (Fsp3) is 0.837. The Kier molecular flexibility index (Phi) is 23.4. The highest BCUT2D eigenvalue weighted by molar-refractivity contribution is 6.12. The summed E-state index contributed by atoms with van der Waals surface area (Å²) in [5, 5.41) is 137. The molecule has 5 aliphatic heterocycles. The average Bonchev–Trinajstić information content (AvgIpc) is 3.94. The molecule has 5 amide bonds. The number of carbonyl (C=O) groups excluding carboxylic acids is 5. The Bertz CT molecular complexity index is 2070. The summed E-state index contributed by atoms with van der Waals surface area (Å²) < 4.78 is 47.8. The maximum absolute atomic E-state index is 13.1. The molecular weight excluding hydrogens is 1060 g/mol. The number of carboxylic acid groups (broad SMARTS) is 1. The lowest BCUT2D eigenvalue weighted by Crippen LogP contribution is -2.71. The molecule has 1 aliphatic carbocycles. The van der Waals surface area contributed by atoms with Gasteiger partial charge in [-0.15, -0.1) is 0 Å². The number of hydrogen-bond donors (Lipinski definition) is 15. The molecule has 450 valence electrons. The van der Waals surface area contributed by atoms with Crippen LogP contribution < -0.4 is 16.0 Å². The van der Waals surface area contributed by atoms with E-state index in [1.807, 2.05) is 0 Å². The molecule has 0 spiro atoms. The molecule has 30 heteroatoms. The van der Waals surface area contributed by atoms with Gasteiger partial charge in [-0.3, -0.25) is 28.9 Å². The van der Waals surface area contributed by atoms with Crippen LogP contribution in [0, 0.1) is 11.8 Å². The summed E-state index contributed by atoms with van der Waals surface area (Å²) in [5.41, 5.74) is 0. The number of rotatable bonds is 25. The van der Waals surface area contributed by atoms with Gasteiger partial charge in [0.15, 0.2) is 18.9 Å². The number of nitrogens with zero attached hydrogens (tertiary/aromatic N) is 1. The minimum Gasteiger partial charge on any atom is -0.477 e. The summed E-state index contributed by atoms with van der Waals surface area (Å²) >= 11 is 0. The van der Waals surface area contributed by atoms with Gasteiger partial charge in [0.25, 0.3) is 17.6 Å². The second kappa shape index (κ2) is 28.8. The van der Waals surface area contributed by atoms with Gasteiger partial charge in [-0.05, 0) is 51.4 Å². The van der Waals surface area contributed by atoms with E-state index in [-0.39, 0.29) is 36.2 Å². The number of hydrogen-bond acceptors (Lipinski definition) is 25. The molecule has 1 saturated carbocycles. The van der Waals surface area contributed by atoms with Crippen LogP contribution in [0.3, 0.4) is 0 Å². The van der Waals surface area contributed by atoms with E-state index in [0.29, 0.717) is 64.5 Å². The molecule has 0 unspecified atom stereocenters. The number of aliphatic hydroxyl groups excluding tert-OH is 11. The van der Waals surface area contributed by atoms with Gasteiger partial charge in [0, 0.05) is 58.0 Å². The van der Waals surface area contributed by atoms with Gasteiger partial charge in [0.1, 0.15) is 85.4 Å². The number of ether oxygens (including phenoxy) is 8. The van der Waals surface area contributed by atoms with Crippen molar-refractivity contribution in [1.82, 2.24) is 20.9 Å². The lowest BCUT2D eigenvalue weighted by molar-refractivity contribution is -0.391. The third kappa shape index (κ3) is 15.6. The van der Waals surface area contributed by atoms with Crippen molar-refractivity contribution in [3.05, 3.63) is 12.2 Å². The Balaban J connectivity index is 1.15. The van der Waals surface area contributed by atoms with Crippen LogP contribution in [0.1, 0.15) is 78.6 Å². The van der Waals surface area contributed by atoms with Crippen LogP contribution in [0.2, 0.25) is 0 Å². The number of amides is 5. The molecular formula is C49H78N4O26. The predicted octanol–water partition coefficient (Wildman–Crippen LogP) is -6.80. The van der Waals surface area contributed by atoms with E-state index in [4.69, 9.17) is 37.9 Å². The summed E-state index contributed by atoms with van der Waals surface area (Å²) in [6.45, 7) is 1.11. The molecule has 15 N–H and O–H groups in total. The van der Waals surface area contributed by atoms with Crippen molar-refractivity contribution in [3.63, 3.8) is 0 Å². The third-order valence-corrected chi connectivity index (χ3v) is 15.1. The number of carboxylic acids is 1. The normalized spacial score (nSPS) is 39.7. The minimum absolute atomic E-state index is 0.0219. The van der Waals surface area contributed by atoms with E-state index in [9.17, 15) is 90.0 Å². The second-order valence-corrected chi connectivity index (χ2v) is 20.9. The lowest BCUT2D eigenvalue weighted by atomic mass is 9.81. The summed E-state index contributed by atoms with van der Waals surface area (Å²) in [6.07, 6.45) is -27.4. The monoisotopic (exact) mass is 1140 g/mol. The fourth-order valence-corrected chi connectivity index (χ4v) is 10.7. The number of carbonyl (C=O) groups is 6. The molecule has 0 aromatic heterocycles. The van der Waals surface area contributed by atoms with Crippen LogP contribution in [0.5, 0.6) is 0 Å². The molecule has 0 radical (unpaired) electrons. The summed E-state index contributed by atoms with van der Waals surface area (Å²) in [6, 6.07) is -3.09. The molecule has 6 rings (SSSR count). The zero-order chi connectivity index (χ0) is 58.0. The summed E-state index contributed by atoms with van der Waals surface area (Å²) in [5.74, 6) is -7.47. The zero-order valence-electron chi connectivity index (χ0n) is 44.0. The molecule has 79 heavy (non-hydrogen) atoms. The summed E-state index contributed by atoms with van der Waals surface area (Å²) in [4.78, 5) is 76.3. The molecule has 0 aromatic rings. The van der Waals surface area contributed by atoms with Crippen molar-refractivity contribution in [2.45, 2.75) is 207 Å².